The van der Waals surface area contributed by atoms with Crippen molar-refractivity contribution in [2.75, 3.05) is 26.7 Å². The molecule has 1 aromatic rings. The van der Waals surface area contributed by atoms with Gasteiger partial charge in [-0.3, -0.25) is 4.79 Å². The van der Waals surface area contributed by atoms with Gasteiger partial charge in [-0.25, -0.2) is 0 Å². The summed E-state index contributed by atoms with van der Waals surface area (Å²) in [6.45, 7) is 2.62. The first-order chi connectivity index (χ1) is 11.2. The molecule has 3 aliphatic rings. The van der Waals surface area contributed by atoms with Crippen LogP contribution in [0.4, 0.5) is 0 Å². The highest BCUT2D eigenvalue weighted by molar-refractivity contribution is 5.80. The molecule has 2 saturated heterocycles. The number of carbonyl (C=O) groups excluding carboxylic acids is 1. The molecule has 0 saturated carbocycles. The molecule has 0 unspecified atom stereocenters. The van der Waals surface area contributed by atoms with E-state index in [1.807, 2.05) is 18.2 Å². The SMILES string of the molecule is CN1CCC[C@@H]1[C@@H]1CCCN1C(=O)[C@H]1COc2ccccc2C1. The van der Waals surface area contributed by atoms with E-state index in [4.69, 9.17) is 4.74 Å². The Hall–Kier alpha value is -1.55. The molecular weight excluding hydrogens is 288 g/mol. The molecule has 3 atom stereocenters. The minimum atomic E-state index is -0.0165. The van der Waals surface area contributed by atoms with Gasteiger partial charge in [0.15, 0.2) is 0 Å². The fourth-order valence-electron chi connectivity index (χ4n) is 4.61. The highest BCUT2D eigenvalue weighted by atomic mass is 16.5. The van der Waals surface area contributed by atoms with Gasteiger partial charge in [-0.15, -0.1) is 0 Å². The van der Waals surface area contributed by atoms with Crippen molar-refractivity contribution in [2.45, 2.75) is 44.2 Å². The van der Waals surface area contributed by atoms with Crippen molar-refractivity contribution >= 4 is 5.91 Å². The summed E-state index contributed by atoms with van der Waals surface area (Å²) in [5.41, 5.74) is 1.17. The Labute approximate surface area is 138 Å². The molecule has 2 fully saturated rings. The average molecular weight is 314 g/mol. The zero-order chi connectivity index (χ0) is 15.8. The highest BCUT2D eigenvalue weighted by Crippen LogP contribution is 2.33. The first-order valence-electron chi connectivity index (χ1n) is 8.95. The largest absolute Gasteiger partial charge is 0.492 e. The summed E-state index contributed by atoms with van der Waals surface area (Å²) in [6, 6.07) is 9.07. The smallest absolute Gasteiger partial charge is 0.229 e. The number of carbonyl (C=O) groups is 1. The lowest BCUT2D eigenvalue weighted by Crippen LogP contribution is -2.50. The second kappa shape index (κ2) is 6.16. The summed E-state index contributed by atoms with van der Waals surface area (Å²) in [5.74, 6) is 1.24. The van der Waals surface area contributed by atoms with E-state index in [-0.39, 0.29) is 5.92 Å². The molecule has 0 aromatic heterocycles. The summed E-state index contributed by atoms with van der Waals surface area (Å²) in [5, 5.41) is 0. The van der Waals surface area contributed by atoms with E-state index in [2.05, 4.69) is 22.9 Å². The number of fused-ring (bicyclic) bond motifs is 1. The third-order valence-electron chi connectivity index (χ3n) is 5.83. The fourth-order valence-corrected chi connectivity index (χ4v) is 4.61. The fraction of sp³-hybridized carbons (Fsp3) is 0.632. The summed E-state index contributed by atoms with van der Waals surface area (Å²) in [7, 11) is 2.21. The zero-order valence-electron chi connectivity index (χ0n) is 13.9. The minimum absolute atomic E-state index is 0.0165. The minimum Gasteiger partial charge on any atom is -0.492 e. The molecule has 0 spiro atoms. The lowest BCUT2D eigenvalue weighted by molar-refractivity contribution is -0.138. The van der Waals surface area contributed by atoms with Gasteiger partial charge in [-0.2, -0.15) is 0 Å². The molecular formula is C19H26N2O2. The van der Waals surface area contributed by atoms with E-state index in [9.17, 15) is 4.79 Å². The number of rotatable bonds is 2. The van der Waals surface area contributed by atoms with Crippen LogP contribution >= 0.6 is 0 Å². The van der Waals surface area contributed by atoms with Crippen molar-refractivity contribution in [1.82, 2.24) is 9.80 Å². The number of likely N-dealkylation sites (N-methyl/N-ethyl adjacent to an activating group) is 1. The van der Waals surface area contributed by atoms with Gasteiger partial charge in [0, 0.05) is 18.6 Å². The van der Waals surface area contributed by atoms with E-state index >= 15 is 0 Å². The molecule has 0 N–H and O–H groups in total. The molecule has 1 amide bonds. The van der Waals surface area contributed by atoms with E-state index in [0.29, 0.717) is 24.6 Å². The lowest BCUT2D eigenvalue weighted by Gasteiger charge is -2.36. The molecule has 0 aliphatic carbocycles. The van der Waals surface area contributed by atoms with Crippen molar-refractivity contribution < 1.29 is 9.53 Å². The number of likely N-dealkylation sites (tertiary alicyclic amines) is 2. The summed E-state index contributed by atoms with van der Waals surface area (Å²) < 4.78 is 5.84. The van der Waals surface area contributed by atoms with Crippen molar-refractivity contribution in [3.63, 3.8) is 0 Å². The Morgan fingerprint density at radius 2 is 1.91 bits per heavy atom. The van der Waals surface area contributed by atoms with Crippen LogP contribution in [-0.2, 0) is 11.2 Å². The number of benzene rings is 1. The van der Waals surface area contributed by atoms with E-state index in [1.54, 1.807) is 0 Å². The van der Waals surface area contributed by atoms with Gasteiger partial charge in [-0.05, 0) is 57.3 Å². The van der Waals surface area contributed by atoms with Crippen LogP contribution in [0.15, 0.2) is 24.3 Å². The second-order valence-electron chi connectivity index (χ2n) is 7.25. The molecule has 124 valence electrons. The Bertz CT molecular complexity index is 588. The number of hydrogen-bond acceptors (Lipinski definition) is 3. The first-order valence-corrected chi connectivity index (χ1v) is 8.95. The van der Waals surface area contributed by atoms with E-state index in [0.717, 1.165) is 31.6 Å². The Balaban J connectivity index is 1.48. The number of ether oxygens (including phenoxy) is 1. The van der Waals surface area contributed by atoms with Gasteiger partial charge >= 0.3 is 0 Å². The van der Waals surface area contributed by atoms with Gasteiger partial charge in [0.25, 0.3) is 0 Å². The molecule has 23 heavy (non-hydrogen) atoms. The van der Waals surface area contributed by atoms with Crippen LogP contribution in [0.5, 0.6) is 5.75 Å². The molecule has 4 rings (SSSR count). The maximum Gasteiger partial charge on any atom is 0.229 e. The van der Waals surface area contributed by atoms with Gasteiger partial charge in [-0.1, -0.05) is 18.2 Å². The number of amides is 1. The van der Waals surface area contributed by atoms with Gasteiger partial charge in [0.05, 0.1) is 5.92 Å². The number of para-hydroxylation sites is 1. The van der Waals surface area contributed by atoms with Gasteiger partial charge in [0.2, 0.25) is 5.91 Å². The van der Waals surface area contributed by atoms with Crippen LogP contribution in [0.25, 0.3) is 0 Å². The average Bonchev–Trinajstić information content (AvgIpc) is 3.22. The number of nitrogens with zero attached hydrogens (tertiary/aromatic N) is 2. The second-order valence-corrected chi connectivity index (χ2v) is 7.25. The van der Waals surface area contributed by atoms with Gasteiger partial charge < -0.3 is 14.5 Å². The Morgan fingerprint density at radius 1 is 1.13 bits per heavy atom. The predicted octanol–water partition coefficient (Wildman–Crippen LogP) is 2.32. The van der Waals surface area contributed by atoms with Crippen molar-refractivity contribution in [3.05, 3.63) is 29.8 Å². The molecule has 3 aliphatic heterocycles. The Kier molecular flexibility index (Phi) is 4.02. The van der Waals surface area contributed by atoms with Crippen LogP contribution in [-0.4, -0.2) is 54.5 Å². The lowest BCUT2D eigenvalue weighted by atomic mass is 9.94. The topological polar surface area (TPSA) is 32.8 Å². The zero-order valence-corrected chi connectivity index (χ0v) is 13.9. The van der Waals surface area contributed by atoms with E-state index < -0.39 is 0 Å². The third-order valence-corrected chi connectivity index (χ3v) is 5.83. The monoisotopic (exact) mass is 314 g/mol. The predicted molar refractivity (Wildman–Crippen MR) is 89.5 cm³/mol. The maximum absolute atomic E-state index is 13.1. The van der Waals surface area contributed by atoms with Crippen molar-refractivity contribution in [1.29, 1.82) is 0 Å². The molecule has 3 heterocycles. The normalized spacial score (nSPS) is 31.0. The molecule has 4 nitrogen and oxygen atoms in total. The standard InChI is InChI=1S/C19H26N2O2/c1-20-10-4-7-16(20)17-8-5-11-21(17)19(22)15-12-14-6-2-3-9-18(14)23-13-15/h2-3,6,9,15-17H,4-5,7-8,10-13H2,1H3/t15-,16-,17+/m1/s1. The maximum atomic E-state index is 13.1. The summed E-state index contributed by atoms with van der Waals surface area (Å²) in [6.07, 6.45) is 5.61. The molecule has 4 heteroatoms. The molecule has 0 radical (unpaired) electrons. The number of hydrogen-bond donors (Lipinski definition) is 0. The first kappa shape index (κ1) is 15.0. The molecule has 0 bridgehead atoms. The van der Waals surface area contributed by atoms with Crippen LogP contribution in [0.3, 0.4) is 0 Å². The van der Waals surface area contributed by atoms with Crippen molar-refractivity contribution in [2.24, 2.45) is 5.92 Å². The third kappa shape index (κ3) is 2.74. The van der Waals surface area contributed by atoms with Crippen LogP contribution in [0.2, 0.25) is 0 Å². The highest BCUT2D eigenvalue weighted by Gasteiger charge is 2.41. The van der Waals surface area contributed by atoms with Crippen LogP contribution in [0, 0.1) is 5.92 Å². The van der Waals surface area contributed by atoms with Crippen LogP contribution in [0.1, 0.15) is 31.2 Å². The summed E-state index contributed by atoms with van der Waals surface area (Å²) in [4.78, 5) is 17.7. The van der Waals surface area contributed by atoms with E-state index in [1.165, 1.54) is 24.9 Å². The van der Waals surface area contributed by atoms with Crippen LogP contribution < -0.4 is 4.74 Å². The molecule has 1 aromatic carbocycles. The quantitative estimate of drug-likeness (QED) is 0.840. The van der Waals surface area contributed by atoms with Crippen molar-refractivity contribution in [3.8, 4) is 5.75 Å². The Morgan fingerprint density at radius 3 is 2.74 bits per heavy atom. The summed E-state index contributed by atoms with van der Waals surface area (Å²) >= 11 is 0. The van der Waals surface area contributed by atoms with Gasteiger partial charge in [0.1, 0.15) is 12.4 Å².